The number of nitrogens with zero attached hydrogens (tertiary/aromatic N) is 1. The maximum Gasteiger partial charge on any atom is 0.326 e. The van der Waals surface area contributed by atoms with Gasteiger partial charge in [-0.3, -0.25) is 14.5 Å². The zero-order chi connectivity index (χ0) is 15.9. The summed E-state index contributed by atoms with van der Waals surface area (Å²) in [4.78, 5) is 26.0. The Balaban J connectivity index is 2.04. The fourth-order valence-electron chi connectivity index (χ4n) is 2.54. The van der Waals surface area contributed by atoms with Crippen LogP contribution in [-0.2, 0) is 14.3 Å². The van der Waals surface area contributed by atoms with Gasteiger partial charge in [-0.15, -0.1) is 0 Å². The number of esters is 1. The van der Waals surface area contributed by atoms with Crippen molar-refractivity contribution < 1.29 is 14.3 Å². The molecule has 1 N–H and O–H groups in total. The predicted molar refractivity (Wildman–Crippen MR) is 87.0 cm³/mol. The van der Waals surface area contributed by atoms with Crippen LogP contribution in [-0.4, -0.2) is 31.1 Å². The zero-order valence-corrected chi connectivity index (χ0v) is 13.3. The number of hydrogen-bond acceptors (Lipinski definition) is 4. The van der Waals surface area contributed by atoms with E-state index in [1.807, 2.05) is 31.2 Å². The van der Waals surface area contributed by atoms with Crippen LogP contribution in [0.2, 0.25) is 0 Å². The fourth-order valence-corrected chi connectivity index (χ4v) is 2.54. The summed E-state index contributed by atoms with van der Waals surface area (Å²) in [7, 11) is 0. The Hall–Kier alpha value is -2.04. The van der Waals surface area contributed by atoms with Crippen LogP contribution in [0.15, 0.2) is 24.3 Å². The minimum atomic E-state index is -0.351. The van der Waals surface area contributed by atoms with Crippen LogP contribution in [0.4, 0.5) is 11.4 Å². The molecule has 1 aliphatic heterocycles. The summed E-state index contributed by atoms with van der Waals surface area (Å²) in [5.41, 5.74) is 1.62. The number of hydrogen-bond donors (Lipinski definition) is 1. The van der Waals surface area contributed by atoms with Crippen LogP contribution in [0, 0.1) is 0 Å². The minimum Gasteiger partial charge on any atom is -0.464 e. The molecule has 5 heteroatoms. The van der Waals surface area contributed by atoms with Crippen LogP contribution in [0.25, 0.3) is 0 Å². The molecule has 1 amide bonds. The third kappa shape index (κ3) is 3.78. The molecule has 2 rings (SSSR count). The van der Waals surface area contributed by atoms with E-state index in [9.17, 15) is 9.59 Å². The molecule has 1 aliphatic rings. The highest BCUT2D eigenvalue weighted by Gasteiger charge is 2.32. The molecule has 0 saturated carbocycles. The van der Waals surface area contributed by atoms with Gasteiger partial charge in [0.15, 0.2) is 0 Å². The molecule has 0 aromatic heterocycles. The van der Waals surface area contributed by atoms with E-state index < -0.39 is 0 Å². The molecule has 0 spiro atoms. The predicted octanol–water partition coefficient (Wildman–Crippen LogP) is 2.96. The summed E-state index contributed by atoms with van der Waals surface area (Å²) in [6.45, 7) is 4.44. The normalized spacial score (nSPS) is 16.9. The topological polar surface area (TPSA) is 58.6 Å². The highest BCUT2D eigenvalue weighted by molar-refractivity contribution is 6.07. The first kappa shape index (κ1) is 16.3. The van der Waals surface area contributed by atoms with Crippen LogP contribution in [0.3, 0.4) is 0 Å². The van der Waals surface area contributed by atoms with Gasteiger partial charge in [-0.2, -0.15) is 0 Å². The number of carbonyl (C=O) groups excluding carboxylic acids is 2. The van der Waals surface area contributed by atoms with Gasteiger partial charge in [0.25, 0.3) is 0 Å². The number of rotatable bonds is 7. The number of para-hydroxylation sites is 2. The Morgan fingerprint density at radius 3 is 2.77 bits per heavy atom. The van der Waals surface area contributed by atoms with E-state index in [4.69, 9.17) is 4.74 Å². The highest BCUT2D eigenvalue weighted by atomic mass is 16.5. The number of carbonyl (C=O) groups is 2. The van der Waals surface area contributed by atoms with Crippen molar-refractivity contribution in [3.05, 3.63) is 24.3 Å². The minimum absolute atomic E-state index is 0.0276. The number of unbranched alkanes of at least 4 members (excludes halogenated alkanes) is 2. The first-order valence-electron chi connectivity index (χ1n) is 8.00. The van der Waals surface area contributed by atoms with E-state index in [2.05, 4.69) is 12.2 Å². The van der Waals surface area contributed by atoms with E-state index in [-0.39, 0.29) is 24.5 Å². The van der Waals surface area contributed by atoms with Crippen molar-refractivity contribution in [2.45, 2.75) is 45.6 Å². The van der Waals surface area contributed by atoms with Crippen LogP contribution in [0.5, 0.6) is 0 Å². The maximum atomic E-state index is 12.5. The number of ether oxygens (including phenoxy) is 1. The number of amides is 1. The summed E-state index contributed by atoms with van der Waals surface area (Å²) in [6.07, 6.45) is 3.67. The summed E-state index contributed by atoms with van der Waals surface area (Å²) < 4.78 is 5.23. The van der Waals surface area contributed by atoms with Crippen molar-refractivity contribution in [2.24, 2.45) is 0 Å². The Labute approximate surface area is 131 Å². The molecule has 120 valence electrons. The molecule has 0 fully saturated rings. The lowest BCUT2D eigenvalue weighted by molar-refractivity contribution is -0.143. The molecule has 1 atom stereocenters. The molecule has 22 heavy (non-hydrogen) atoms. The molecular weight excluding hydrogens is 280 g/mol. The number of benzene rings is 1. The smallest absolute Gasteiger partial charge is 0.326 e. The van der Waals surface area contributed by atoms with Crippen molar-refractivity contribution in [2.75, 3.05) is 23.4 Å². The molecule has 1 aromatic carbocycles. The van der Waals surface area contributed by atoms with Gasteiger partial charge in [0.1, 0.15) is 12.6 Å². The summed E-state index contributed by atoms with van der Waals surface area (Å²) in [5, 5.41) is 3.22. The van der Waals surface area contributed by atoms with E-state index in [0.717, 1.165) is 30.6 Å². The molecule has 0 saturated heterocycles. The van der Waals surface area contributed by atoms with Crippen molar-refractivity contribution in [1.82, 2.24) is 0 Å². The quantitative estimate of drug-likeness (QED) is 0.621. The van der Waals surface area contributed by atoms with Gasteiger partial charge in [0.05, 0.1) is 18.0 Å². The van der Waals surface area contributed by atoms with Crippen molar-refractivity contribution in [1.29, 1.82) is 0 Å². The van der Waals surface area contributed by atoms with E-state index in [1.165, 1.54) is 4.90 Å². The second kappa shape index (κ2) is 7.82. The lowest BCUT2D eigenvalue weighted by Gasteiger charge is -2.34. The molecule has 0 aliphatic carbocycles. The van der Waals surface area contributed by atoms with Crippen molar-refractivity contribution in [3.8, 4) is 0 Å². The SMILES string of the molecule is CCCCCOC(=O)CN1C(=O)C(CC)Nc2ccccc21. The van der Waals surface area contributed by atoms with E-state index in [0.29, 0.717) is 13.0 Å². The zero-order valence-electron chi connectivity index (χ0n) is 13.3. The molecule has 1 aromatic rings. The first-order chi connectivity index (χ1) is 10.7. The highest BCUT2D eigenvalue weighted by Crippen LogP contribution is 2.31. The van der Waals surface area contributed by atoms with E-state index in [1.54, 1.807) is 0 Å². The maximum absolute atomic E-state index is 12.5. The first-order valence-corrected chi connectivity index (χ1v) is 8.00. The Morgan fingerprint density at radius 2 is 2.05 bits per heavy atom. The standard InChI is InChI=1S/C17H24N2O3/c1-3-5-8-11-22-16(20)12-19-15-10-7-6-9-14(15)18-13(4-2)17(19)21/h6-7,9-10,13,18H,3-5,8,11-12H2,1-2H3. The molecule has 0 radical (unpaired) electrons. The fraction of sp³-hybridized carbons (Fsp3) is 0.529. The Morgan fingerprint density at radius 1 is 1.27 bits per heavy atom. The molecule has 1 unspecified atom stereocenters. The average Bonchev–Trinajstić information content (AvgIpc) is 2.54. The third-order valence-corrected chi connectivity index (χ3v) is 3.80. The van der Waals surface area contributed by atoms with Gasteiger partial charge in [-0.05, 0) is 25.0 Å². The number of fused-ring (bicyclic) bond motifs is 1. The largest absolute Gasteiger partial charge is 0.464 e. The molecule has 0 bridgehead atoms. The van der Waals surface area contributed by atoms with Crippen molar-refractivity contribution >= 4 is 23.3 Å². The monoisotopic (exact) mass is 304 g/mol. The lowest BCUT2D eigenvalue weighted by Crippen LogP contribution is -2.49. The summed E-state index contributed by atoms with van der Waals surface area (Å²) >= 11 is 0. The van der Waals surface area contributed by atoms with Gasteiger partial charge in [0.2, 0.25) is 5.91 Å². The van der Waals surface area contributed by atoms with Gasteiger partial charge in [-0.1, -0.05) is 38.8 Å². The third-order valence-electron chi connectivity index (χ3n) is 3.80. The lowest BCUT2D eigenvalue weighted by atomic mass is 10.1. The van der Waals surface area contributed by atoms with Crippen LogP contribution < -0.4 is 10.2 Å². The number of anilines is 2. The molecule has 1 heterocycles. The summed E-state index contributed by atoms with van der Waals surface area (Å²) in [5.74, 6) is -0.428. The molecule has 5 nitrogen and oxygen atoms in total. The molecular formula is C17H24N2O3. The summed E-state index contributed by atoms with van der Waals surface area (Å²) in [6, 6.07) is 7.25. The van der Waals surface area contributed by atoms with Crippen LogP contribution >= 0.6 is 0 Å². The average molecular weight is 304 g/mol. The van der Waals surface area contributed by atoms with Crippen LogP contribution in [0.1, 0.15) is 39.5 Å². The van der Waals surface area contributed by atoms with E-state index >= 15 is 0 Å². The van der Waals surface area contributed by atoms with Gasteiger partial charge >= 0.3 is 5.97 Å². The Kier molecular flexibility index (Phi) is 5.81. The second-order valence-electron chi connectivity index (χ2n) is 5.47. The van der Waals surface area contributed by atoms with Crippen molar-refractivity contribution in [3.63, 3.8) is 0 Å². The van der Waals surface area contributed by atoms with Gasteiger partial charge < -0.3 is 10.1 Å². The second-order valence-corrected chi connectivity index (χ2v) is 5.47. The Bertz CT molecular complexity index is 530. The number of nitrogens with one attached hydrogen (secondary N) is 1. The van der Waals surface area contributed by atoms with Gasteiger partial charge in [0, 0.05) is 0 Å². The van der Waals surface area contributed by atoms with Gasteiger partial charge in [-0.25, -0.2) is 0 Å².